The average Bonchev–Trinajstić information content (AvgIpc) is 2.69. The number of anilines is 1. The quantitative estimate of drug-likeness (QED) is 0.771. The van der Waals surface area contributed by atoms with Gasteiger partial charge < -0.3 is 14.5 Å². The Hall–Kier alpha value is -3.03. The van der Waals surface area contributed by atoms with Gasteiger partial charge in [0.25, 0.3) is 5.91 Å². The second-order valence-electron chi connectivity index (χ2n) is 6.20. The monoisotopic (exact) mass is 375 g/mol. The number of benzene rings is 1. The minimum atomic E-state index is -1.04. The molecule has 0 aliphatic carbocycles. The van der Waals surface area contributed by atoms with Crippen molar-refractivity contribution in [1.82, 2.24) is 9.88 Å². The first-order valence-corrected chi connectivity index (χ1v) is 8.46. The number of carbonyl (C=O) groups excluding carboxylic acids is 2. The second-order valence-corrected chi connectivity index (χ2v) is 6.20. The molecule has 27 heavy (non-hydrogen) atoms. The Labute approximate surface area is 155 Å². The van der Waals surface area contributed by atoms with Crippen LogP contribution >= 0.6 is 0 Å². The van der Waals surface area contributed by atoms with E-state index < -0.39 is 17.6 Å². The summed E-state index contributed by atoms with van der Waals surface area (Å²) in [7, 11) is 1.32. The molecule has 2 aromatic rings. The minimum Gasteiger partial charge on any atom is -0.465 e. The molecule has 0 N–H and O–H groups in total. The minimum absolute atomic E-state index is 0.124. The zero-order chi connectivity index (χ0) is 19.6. The van der Waals surface area contributed by atoms with Crippen LogP contribution in [0.15, 0.2) is 30.3 Å². The number of aromatic nitrogens is 1. The number of rotatable bonds is 3. The molecule has 1 aliphatic heterocycles. The molecule has 0 bridgehead atoms. The van der Waals surface area contributed by atoms with Crippen LogP contribution in [0.3, 0.4) is 0 Å². The van der Waals surface area contributed by atoms with E-state index in [4.69, 9.17) is 4.74 Å². The number of hydrogen-bond acceptors (Lipinski definition) is 5. The molecule has 1 amide bonds. The van der Waals surface area contributed by atoms with Gasteiger partial charge in [0.2, 0.25) is 0 Å². The van der Waals surface area contributed by atoms with E-state index in [1.165, 1.54) is 13.2 Å². The van der Waals surface area contributed by atoms with E-state index in [2.05, 4.69) is 4.98 Å². The predicted molar refractivity (Wildman–Crippen MR) is 94.8 cm³/mol. The van der Waals surface area contributed by atoms with E-state index in [9.17, 15) is 18.4 Å². The SMILES string of the molecule is COC(=O)c1ccc(N2CCN(C(=O)c3ccc(F)c(F)c3)CC2)nc1C. The third-order valence-electron chi connectivity index (χ3n) is 4.53. The molecule has 0 spiro atoms. The lowest BCUT2D eigenvalue weighted by Gasteiger charge is -2.35. The lowest BCUT2D eigenvalue weighted by molar-refractivity contribution is 0.0598. The normalized spacial score (nSPS) is 14.2. The van der Waals surface area contributed by atoms with E-state index >= 15 is 0 Å². The van der Waals surface area contributed by atoms with Gasteiger partial charge in [0.15, 0.2) is 11.6 Å². The number of esters is 1. The Morgan fingerprint density at radius 2 is 1.74 bits per heavy atom. The number of nitrogens with zero attached hydrogens (tertiary/aromatic N) is 3. The fourth-order valence-corrected chi connectivity index (χ4v) is 3.00. The molecular weight excluding hydrogens is 356 g/mol. The van der Waals surface area contributed by atoms with Crippen LogP contribution in [0.25, 0.3) is 0 Å². The molecule has 0 unspecified atom stereocenters. The standard InChI is InChI=1S/C19H19F2N3O3/c1-12-14(19(26)27-2)4-6-17(22-12)23-7-9-24(10-8-23)18(25)13-3-5-15(20)16(21)11-13/h3-6,11H,7-10H2,1-2H3. The fourth-order valence-electron chi connectivity index (χ4n) is 3.00. The largest absolute Gasteiger partial charge is 0.465 e. The molecule has 0 atom stereocenters. The van der Waals surface area contributed by atoms with Crippen molar-refractivity contribution in [1.29, 1.82) is 0 Å². The number of piperazine rings is 1. The number of amides is 1. The van der Waals surface area contributed by atoms with Crippen molar-refractivity contribution in [2.75, 3.05) is 38.2 Å². The van der Waals surface area contributed by atoms with Gasteiger partial charge in [-0.3, -0.25) is 4.79 Å². The molecule has 1 aromatic heterocycles. The molecule has 0 radical (unpaired) electrons. The molecular formula is C19H19F2N3O3. The van der Waals surface area contributed by atoms with Gasteiger partial charge >= 0.3 is 5.97 Å². The molecule has 6 nitrogen and oxygen atoms in total. The lowest BCUT2D eigenvalue weighted by Crippen LogP contribution is -2.49. The number of aryl methyl sites for hydroxylation is 1. The first-order chi connectivity index (χ1) is 12.9. The Morgan fingerprint density at radius 1 is 1.04 bits per heavy atom. The van der Waals surface area contributed by atoms with Crippen molar-refractivity contribution in [3.05, 3.63) is 58.8 Å². The summed E-state index contributed by atoms with van der Waals surface area (Å²) in [5, 5.41) is 0. The summed E-state index contributed by atoms with van der Waals surface area (Å²) in [6.45, 7) is 3.67. The smallest absolute Gasteiger partial charge is 0.339 e. The first kappa shape index (κ1) is 18.8. The summed E-state index contributed by atoms with van der Waals surface area (Å²) in [6, 6.07) is 6.56. The van der Waals surface area contributed by atoms with Crippen molar-refractivity contribution < 1.29 is 23.1 Å². The number of pyridine rings is 1. The van der Waals surface area contributed by atoms with Gasteiger partial charge in [-0.25, -0.2) is 18.6 Å². The van der Waals surface area contributed by atoms with Crippen LogP contribution in [0.1, 0.15) is 26.4 Å². The Balaban J connectivity index is 1.66. The average molecular weight is 375 g/mol. The maximum absolute atomic E-state index is 13.3. The Bertz CT molecular complexity index is 880. The van der Waals surface area contributed by atoms with Gasteiger partial charge in [0.05, 0.1) is 18.4 Å². The maximum atomic E-state index is 13.3. The predicted octanol–water partition coefficient (Wildman–Crippen LogP) is 2.42. The molecule has 3 rings (SSSR count). The van der Waals surface area contributed by atoms with Crippen molar-refractivity contribution in [3.63, 3.8) is 0 Å². The summed E-state index contributed by atoms with van der Waals surface area (Å²) in [4.78, 5) is 32.2. The molecule has 1 aromatic carbocycles. The van der Waals surface area contributed by atoms with Gasteiger partial charge in [0, 0.05) is 31.7 Å². The topological polar surface area (TPSA) is 62.7 Å². The van der Waals surface area contributed by atoms with Crippen molar-refractivity contribution in [2.24, 2.45) is 0 Å². The summed E-state index contributed by atoms with van der Waals surface area (Å²) in [6.07, 6.45) is 0. The fraction of sp³-hybridized carbons (Fsp3) is 0.316. The van der Waals surface area contributed by atoms with E-state index in [1.807, 2.05) is 4.90 Å². The van der Waals surface area contributed by atoms with Crippen LogP contribution in [0.4, 0.5) is 14.6 Å². The van der Waals surface area contributed by atoms with Gasteiger partial charge in [-0.05, 0) is 37.3 Å². The number of methoxy groups -OCH3 is 1. The number of carbonyl (C=O) groups is 2. The lowest BCUT2D eigenvalue weighted by atomic mass is 10.1. The zero-order valence-corrected chi connectivity index (χ0v) is 15.0. The molecule has 2 heterocycles. The molecule has 1 saturated heterocycles. The highest BCUT2D eigenvalue weighted by Crippen LogP contribution is 2.19. The van der Waals surface area contributed by atoms with Crippen LogP contribution < -0.4 is 4.90 Å². The summed E-state index contributed by atoms with van der Waals surface area (Å²) >= 11 is 0. The number of halogens is 2. The van der Waals surface area contributed by atoms with Crippen LogP contribution in [0, 0.1) is 18.6 Å². The van der Waals surface area contributed by atoms with Gasteiger partial charge in [-0.15, -0.1) is 0 Å². The first-order valence-electron chi connectivity index (χ1n) is 8.46. The van der Waals surface area contributed by atoms with Crippen molar-refractivity contribution in [3.8, 4) is 0 Å². The zero-order valence-electron chi connectivity index (χ0n) is 15.0. The number of ether oxygens (including phenoxy) is 1. The van der Waals surface area contributed by atoms with Crippen LogP contribution in [0.5, 0.6) is 0 Å². The van der Waals surface area contributed by atoms with Crippen LogP contribution in [-0.4, -0.2) is 55.0 Å². The Morgan fingerprint density at radius 3 is 2.33 bits per heavy atom. The van der Waals surface area contributed by atoms with Crippen molar-refractivity contribution in [2.45, 2.75) is 6.92 Å². The summed E-state index contributed by atoms with van der Waals surface area (Å²) < 4.78 is 31.1. The van der Waals surface area contributed by atoms with Gasteiger partial charge in [0.1, 0.15) is 5.82 Å². The van der Waals surface area contributed by atoms with Crippen LogP contribution in [-0.2, 0) is 4.74 Å². The van der Waals surface area contributed by atoms with Gasteiger partial charge in [-0.1, -0.05) is 0 Å². The van der Waals surface area contributed by atoms with E-state index in [0.717, 1.165) is 12.1 Å². The Kier molecular flexibility index (Phi) is 5.34. The summed E-state index contributed by atoms with van der Waals surface area (Å²) in [5.74, 6) is -2.08. The molecule has 1 aliphatic rings. The second kappa shape index (κ2) is 7.69. The van der Waals surface area contributed by atoms with Gasteiger partial charge in [-0.2, -0.15) is 0 Å². The van der Waals surface area contributed by atoms with E-state index in [-0.39, 0.29) is 11.5 Å². The highest BCUT2D eigenvalue weighted by atomic mass is 19.2. The highest BCUT2D eigenvalue weighted by molar-refractivity contribution is 5.94. The van der Waals surface area contributed by atoms with E-state index in [0.29, 0.717) is 43.3 Å². The molecule has 142 valence electrons. The number of hydrogen-bond donors (Lipinski definition) is 0. The van der Waals surface area contributed by atoms with Crippen molar-refractivity contribution >= 4 is 17.7 Å². The highest BCUT2D eigenvalue weighted by Gasteiger charge is 2.24. The maximum Gasteiger partial charge on any atom is 0.339 e. The van der Waals surface area contributed by atoms with Crippen LogP contribution in [0.2, 0.25) is 0 Å². The third kappa shape index (κ3) is 3.89. The van der Waals surface area contributed by atoms with E-state index in [1.54, 1.807) is 24.0 Å². The summed E-state index contributed by atoms with van der Waals surface area (Å²) in [5.41, 5.74) is 1.10. The molecule has 1 fully saturated rings. The molecule has 8 heteroatoms. The third-order valence-corrected chi connectivity index (χ3v) is 4.53. The molecule has 0 saturated carbocycles.